The average Bonchev–Trinajstić information content (AvgIpc) is 2.54. The first kappa shape index (κ1) is 15.4. The Hall–Kier alpha value is -2.95. The highest BCUT2D eigenvalue weighted by Gasteiger charge is 2.08. The van der Waals surface area contributed by atoms with Crippen molar-refractivity contribution in [2.75, 3.05) is 7.11 Å². The Bertz CT molecular complexity index is 705. The fourth-order valence-electron chi connectivity index (χ4n) is 1.72. The van der Waals surface area contributed by atoms with Gasteiger partial charge in [-0.05, 0) is 42.0 Å². The number of ether oxygens (including phenoxy) is 2. The van der Waals surface area contributed by atoms with Crippen molar-refractivity contribution >= 4 is 18.3 Å². The van der Waals surface area contributed by atoms with Crippen LogP contribution in [0.3, 0.4) is 0 Å². The zero-order chi connectivity index (χ0) is 15.9. The number of halogens is 1. The van der Waals surface area contributed by atoms with E-state index in [0.29, 0.717) is 17.4 Å². The van der Waals surface area contributed by atoms with Gasteiger partial charge in [-0.15, -0.1) is 0 Å². The number of carbonyl (C=O) groups is 2. The molecule has 0 N–H and O–H groups in total. The molecule has 0 unspecified atom stereocenters. The predicted octanol–water partition coefficient (Wildman–Crippen LogP) is 3.27. The second kappa shape index (κ2) is 7.17. The lowest BCUT2D eigenvalue weighted by molar-refractivity contribution is -0.129. The van der Waals surface area contributed by atoms with E-state index in [1.807, 2.05) is 0 Å². The number of hydrogen-bond acceptors (Lipinski definition) is 4. The zero-order valence-corrected chi connectivity index (χ0v) is 11.8. The lowest BCUT2D eigenvalue weighted by Gasteiger charge is -2.08. The third kappa shape index (κ3) is 4.02. The molecule has 0 aromatic heterocycles. The summed E-state index contributed by atoms with van der Waals surface area (Å²) >= 11 is 0. The second-order valence-electron chi connectivity index (χ2n) is 4.33. The largest absolute Gasteiger partial charge is 0.493 e. The van der Waals surface area contributed by atoms with Crippen molar-refractivity contribution in [1.29, 1.82) is 0 Å². The van der Waals surface area contributed by atoms with Gasteiger partial charge in [0.05, 0.1) is 7.11 Å². The van der Waals surface area contributed by atoms with Gasteiger partial charge in [-0.1, -0.05) is 12.1 Å². The maximum Gasteiger partial charge on any atom is 0.336 e. The van der Waals surface area contributed by atoms with E-state index >= 15 is 0 Å². The maximum absolute atomic E-state index is 12.8. The lowest BCUT2D eigenvalue weighted by atomic mass is 10.2. The highest BCUT2D eigenvalue weighted by atomic mass is 19.1. The monoisotopic (exact) mass is 300 g/mol. The first-order valence-corrected chi connectivity index (χ1v) is 6.41. The minimum atomic E-state index is -0.610. The maximum atomic E-state index is 12.8. The quantitative estimate of drug-likeness (QED) is 0.368. The Morgan fingerprint density at radius 2 is 1.73 bits per heavy atom. The normalized spacial score (nSPS) is 10.5. The number of benzene rings is 2. The molecule has 0 radical (unpaired) electrons. The van der Waals surface area contributed by atoms with Crippen molar-refractivity contribution in [3.63, 3.8) is 0 Å². The molecule has 0 aliphatic heterocycles. The Balaban J connectivity index is 2.08. The molecule has 0 aliphatic carbocycles. The highest BCUT2D eigenvalue weighted by Crippen LogP contribution is 2.27. The molecule has 2 aromatic rings. The lowest BCUT2D eigenvalue weighted by Crippen LogP contribution is -2.05. The molecule has 0 saturated heterocycles. The molecule has 2 rings (SSSR count). The molecule has 22 heavy (non-hydrogen) atoms. The highest BCUT2D eigenvalue weighted by molar-refractivity contribution is 5.89. The van der Waals surface area contributed by atoms with Crippen LogP contribution in [0.15, 0.2) is 48.5 Å². The van der Waals surface area contributed by atoms with E-state index in [0.717, 1.165) is 0 Å². The first-order chi connectivity index (χ1) is 10.6. The summed E-state index contributed by atoms with van der Waals surface area (Å²) in [7, 11) is 1.41. The van der Waals surface area contributed by atoms with Gasteiger partial charge in [0.2, 0.25) is 0 Å². The molecule has 0 bridgehead atoms. The van der Waals surface area contributed by atoms with E-state index in [4.69, 9.17) is 9.47 Å². The molecule has 0 heterocycles. The molecule has 0 fully saturated rings. The van der Waals surface area contributed by atoms with Crippen LogP contribution in [0.4, 0.5) is 4.39 Å². The van der Waals surface area contributed by atoms with Crippen LogP contribution in [-0.4, -0.2) is 19.4 Å². The van der Waals surface area contributed by atoms with E-state index in [9.17, 15) is 14.0 Å². The number of hydrogen-bond donors (Lipinski definition) is 0. The van der Waals surface area contributed by atoms with Crippen LogP contribution in [-0.2, 0) is 4.79 Å². The summed E-state index contributed by atoms with van der Waals surface area (Å²) in [6.07, 6.45) is 3.40. The van der Waals surface area contributed by atoms with E-state index in [1.165, 1.54) is 49.6 Å². The standard InChI is InChI=1S/C17H13FO4/c1-21-16-10-13(11-19)4-8-15(16)22-17(20)9-5-12-2-6-14(18)7-3-12/h2-11H,1H3/b9-5+. The van der Waals surface area contributed by atoms with Crippen LogP contribution in [0.25, 0.3) is 6.08 Å². The SMILES string of the molecule is COc1cc(C=O)ccc1OC(=O)/C=C/c1ccc(F)cc1. The zero-order valence-electron chi connectivity index (χ0n) is 11.8. The second-order valence-corrected chi connectivity index (χ2v) is 4.33. The number of rotatable bonds is 5. The third-order valence-electron chi connectivity index (χ3n) is 2.82. The Kier molecular flexibility index (Phi) is 5.03. The summed E-state index contributed by atoms with van der Waals surface area (Å²) in [5.41, 5.74) is 1.08. The van der Waals surface area contributed by atoms with Crippen molar-refractivity contribution in [3.05, 3.63) is 65.5 Å². The summed E-state index contributed by atoms with van der Waals surface area (Å²) in [6, 6.07) is 10.1. The van der Waals surface area contributed by atoms with Crippen LogP contribution in [0.2, 0.25) is 0 Å². The molecule has 5 heteroatoms. The number of aldehydes is 1. The fraction of sp³-hybridized carbons (Fsp3) is 0.0588. The molecule has 2 aromatic carbocycles. The summed E-state index contributed by atoms with van der Waals surface area (Å²) in [5.74, 6) is -0.462. The smallest absolute Gasteiger partial charge is 0.336 e. The van der Waals surface area contributed by atoms with E-state index in [2.05, 4.69) is 0 Å². The Morgan fingerprint density at radius 3 is 2.36 bits per heavy atom. The van der Waals surface area contributed by atoms with Crippen LogP contribution in [0.5, 0.6) is 11.5 Å². The summed E-state index contributed by atoms with van der Waals surface area (Å²) in [6.45, 7) is 0. The van der Waals surface area contributed by atoms with Crippen molar-refractivity contribution in [2.24, 2.45) is 0 Å². The molecule has 112 valence electrons. The van der Waals surface area contributed by atoms with Crippen LogP contribution >= 0.6 is 0 Å². The van der Waals surface area contributed by atoms with Crippen molar-refractivity contribution in [3.8, 4) is 11.5 Å². The average molecular weight is 300 g/mol. The van der Waals surface area contributed by atoms with Gasteiger partial charge in [0.25, 0.3) is 0 Å². The van der Waals surface area contributed by atoms with Gasteiger partial charge in [-0.25, -0.2) is 9.18 Å². The molecule has 0 saturated carbocycles. The molecule has 0 atom stereocenters. The van der Waals surface area contributed by atoms with Gasteiger partial charge in [0.15, 0.2) is 11.5 Å². The number of esters is 1. The van der Waals surface area contributed by atoms with Crippen LogP contribution in [0, 0.1) is 5.82 Å². The van der Waals surface area contributed by atoms with E-state index < -0.39 is 5.97 Å². The number of methoxy groups -OCH3 is 1. The summed E-state index contributed by atoms with van der Waals surface area (Å²) < 4.78 is 23.0. The summed E-state index contributed by atoms with van der Waals surface area (Å²) in [5, 5.41) is 0. The van der Waals surface area contributed by atoms with Gasteiger partial charge in [-0.2, -0.15) is 0 Å². The fourth-order valence-corrected chi connectivity index (χ4v) is 1.72. The molecule has 0 amide bonds. The van der Waals surface area contributed by atoms with Gasteiger partial charge in [0, 0.05) is 11.6 Å². The number of carbonyl (C=O) groups excluding carboxylic acids is 2. The van der Waals surface area contributed by atoms with E-state index in [1.54, 1.807) is 12.1 Å². The van der Waals surface area contributed by atoms with Crippen molar-refractivity contribution in [1.82, 2.24) is 0 Å². The van der Waals surface area contributed by atoms with Crippen LogP contribution < -0.4 is 9.47 Å². The van der Waals surface area contributed by atoms with Crippen molar-refractivity contribution in [2.45, 2.75) is 0 Å². The minimum absolute atomic E-state index is 0.210. The van der Waals surface area contributed by atoms with Gasteiger partial charge >= 0.3 is 5.97 Å². The Morgan fingerprint density at radius 1 is 1.05 bits per heavy atom. The molecular weight excluding hydrogens is 287 g/mol. The minimum Gasteiger partial charge on any atom is -0.493 e. The Labute approximate surface area is 126 Å². The first-order valence-electron chi connectivity index (χ1n) is 6.41. The molecular formula is C17H13FO4. The van der Waals surface area contributed by atoms with Gasteiger partial charge in [0.1, 0.15) is 12.1 Å². The third-order valence-corrected chi connectivity index (χ3v) is 2.82. The molecule has 4 nitrogen and oxygen atoms in total. The topological polar surface area (TPSA) is 52.6 Å². The van der Waals surface area contributed by atoms with E-state index in [-0.39, 0.29) is 17.3 Å². The van der Waals surface area contributed by atoms with Gasteiger partial charge < -0.3 is 9.47 Å². The van der Waals surface area contributed by atoms with Gasteiger partial charge in [-0.3, -0.25) is 4.79 Å². The molecule has 0 aliphatic rings. The molecule has 0 spiro atoms. The van der Waals surface area contributed by atoms with Crippen molar-refractivity contribution < 1.29 is 23.5 Å². The predicted molar refractivity (Wildman–Crippen MR) is 79.5 cm³/mol. The van der Waals surface area contributed by atoms with Crippen LogP contribution in [0.1, 0.15) is 15.9 Å². The summed E-state index contributed by atoms with van der Waals surface area (Å²) in [4.78, 5) is 22.5.